The topological polar surface area (TPSA) is 72.8 Å². The summed E-state index contributed by atoms with van der Waals surface area (Å²) in [5.41, 5.74) is -1.36. The first kappa shape index (κ1) is 23.9. The van der Waals surface area contributed by atoms with Crippen LogP contribution in [0.3, 0.4) is 0 Å². The maximum atomic E-state index is 14.0. The Kier molecular flexibility index (Phi) is 6.66. The summed E-state index contributed by atoms with van der Waals surface area (Å²) < 4.78 is 39.2. The van der Waals surface area contributed by atoms with Crippen LogP contribution in [-0.2, 0) is 19.1 Å². The van der Waals surface area contributed by atoms with Crippen molar-refractivity contribution in [3.63, 3.8) is 0 Å². The Bertz CT molecular complexity index is 766. The average Bonchev–Trinajstić information content (AvgIpc) is 2.65. The molecule has 1 N–H and O–H groups in total. The van der Waals surface area contributed by atoms with Crippen LogP contribution in [0.1, 0.15) is 72.6 Å². The van der Waals surface area contributed by atoms with Crippen molar-refractivity contribution in [2.45, 2.75) is 96.9 Å². The van der Waals surface area contributed by atoms with Gasteiger partial charge in [0.1, 0.15) is 17.6 Å². The van der Waals surface area contributed by atoms with E-state index in [4.69, 9.17) is 9.47 Å². The van der Waals surface area contributed by atoms with Gasteiger partial charge in [0.15, 0.2) is 0 Å². The number of hydrogen-bond acceptors (Lipinski definition) is 5. The Morgan fingerprint density at radius 3 is 2.68 bits per heavy atom. The average molecular weight is 441 g/mol. The summed E-state index contributed by atoms with van der Waals surface area (Å²) in [7, 11) is 0. The molecule has 31 heavy (non-hydrogen) atoms. The molecule has 5 atom stereocenters. The highest BCUT2D eigenvalue weighted by atomic mass is 19.3. The Labute approximate surface area is 182 Å². The molecule has 5 nitrogen and oxygen atoms in total. The van der Waals surface area contributed by atoms with E-state index in [1.807, 2.05) is 13.0 Å². The number of hydrogen-bond donors (Lipinski definition) is 1. The van der Waals surface area contributed by atoms with Gasteiger partial charge in [-0.15, -0.1) is 0 Å². The molecule has 0 unspecified atom stereocenters. The van der Waals surface area contributed by atoms with Gasteiger partial charge in [0, 0.05) is 18.8 Å². The van der Waals surface area contributed by atoms with Crippen LogP contribution in [0.4, 0.5) is 8.78 Å². The van der Waals surface area contributed by atoms with Crippen molar-refractivity contribution in [2.75, 3.05) is 0 Å². The van der Waals surface area contributed by atoms with Crippen LogP contribution in [0.25, 0.3) is 0 Å². The molecule has 1 saturated heterocycles. The van der Waals surface area contributed by atoms with E-state index in [-0.39, 0.29) is 24.4 Å². The lowest BCUT2D eigenvalue weighted by molar-refractivity contribution is -0.189. The molecule has 0 saturated carbocycles. The molecule has 1 fully saturated rings. The number of aliphatic hydroxyl groups excluding tert-OH is 1. The fraction of sp³-hybridized carbons (Fsp3) is 0.750. The second kappa shape index (κ2) is 8.64. The van der Waals surface area contributed by atoms with E-state index in [9.17, 15) is 23.5 Å². The molecule has 0 radical (unpaired) electrons. The highest BCUT2D eigenvalue weighted by Gasteiger charge is 2.53. The molecule has 174 valence electrons. The number of alkyl halides is 2. The third-order valence-electron chi connectivity index (χ3n) is 7.58. The third-order valence-corrected chi connectivity index (χ3v) is 7.58. The number of carbonyl (C=O) groups excluding carboxylic acids is 2. The predicted octanol–water partition coefficient (Wildman–Crippen LogP) is 4.73. The van der Waals surface area contributed by atoms with Gasteiger partial charge in [-0.25, -0.2) is 8.78 Å². The lowest BCUT2D eigenvalue weighted by Crippen LogP contribution is -2.50. The van der Waals surface area contributed by atoms with Crippen LogP contribution in [0.5, 0.6) is 0 Å². The zero-order valence-corrected chi connectivity index (χ0v) is 18.8. The lowest BCUT2D eigenvalue weighted by atomic mass is 9.59. The molecular weight excluding hydrogens is 406 g/mol. The molecule has 0 amide bonds. The van der Waals surface area contributed by atoms with Crippen molar-refractivity contribution in [2.24, 2.45) is 16.7 Å². The molecular formula is C24H34F2O5. The maximum Gasteiger partial charge on any atom is 0.317 e. The van der Waals surface area contributed by atoms with Gasteiger partial charge in [-0.2, -0.15) is 0 Å². The first-order chi connectivity index (χ1) is 14.4. The number of esters is 2. The van der Waals surface area contributed by atoms with E-state index >= 15 is 0 Å². The number of carbonyl (C=O) groups is 2. The molecule has 3 aliphatic rings. The smallest absolute Gasteiger partial charge is 0.317 e. The van der Waals surface area contributed by atoms with Gasteiger partial charge >= 0.3 is 11.9 Å². The monoisotopic (exact) mass is 440 g/mol. The predicted molar refractivity (Wildman–Crippen MR) is 111 cm³/mol. The summed E-state index contributed by atoms with van der Waals surface area (Å²) in [6, 6.07) is 0. The van der Waals surface area contributed by atoms with Crippen LogP contribution in [0, 0.1) is 16.7 Å². The molecule has 0 aromatic heterocycles. The Balaban J connectivity index is 1.76. The number of allylic oxidation sites excluding steroid dienone is 3. The second-order valence-electron chi connectivity index (χ2n) is 10.0. The van der Waals surface area contributed by atoms with E-state index in [0.29, 0.717) is 25.7 Å². The summed E-state index contributed by atoms with van der Waals surface area (Å²) in [5, 5.41) is 9.87. The normalized spacial score (nSPS) is 33.9. The quantitative estimate of drug-likeness (QED) is 0.605. The summed E-state index contributed by atoms with van der Waals surface area (Å²) >= 11 is 0. The van der Waals surface area contributed by atoms with Crippen molar-refractivity contribution in [1.29, 1.82) is 0 Å². The molecule has 1 heterocycles. The van der Waals surface area contributed by atoms with Crippen molar-refractivity contribution in [3.8, 4) is 0 Å². The van der Waals surface area contributed by atoms with Crippen molar-refractivity contribution >= 4 is 11.9 Å². The highest BCUT2D eigenvalue weighted by Crippen LogP contribution is 2.52. The Morgan fingerprint density at radius 1 is 1.32 bits per heavy atom. The fourth-order valence-electron chi connectivity index (χ4n) is 4.93. The van der Waals surface area contributed by atoms with Gasteiger partial charge in [0.05, 0.1) is 12.5 Å². The van der Waals surface area contributed by atoms with E-state index < -0.39 is 34.9 Å². The molecule has 0 aromatic carbocycles. The number of ether oxygens (including phenoxy) is 2. The summed E-state index contributed by atoms with van der Waals surface area (Å²) in [4.78, 5) is 24.4. The lowest BCUT2D eigenvalue weighted by Gasteiger charge is -2.49. The van der Waals surface area contributed by atoms with Crippen LogP contribution >= 0.6 is 0 Å². The minimum atomic E-state index is -3.20. The van der Waals surface area contributed by atoms with E-state index in [1.54, 1.807) is 0 Å². The Hall–Kier alpha value is -1.76. The van der Waals surface area contributed by atoms with Crippen LogP contribution < -0.4 is 0 Å². The van der Waals surface area contributed by atoms with Gasteiger partial charge in [-0.05, 0) is 57.4 Å². The molecule has 2 aliphatic carbocycles. The van der Waals surface area contributed by atoms with E-state index in [2.05, 4.69) is 12.2 Å². The summed E-state index contributed by atoms with van der Waals surface area (Å²) in [6.07, 6.45) is 8.59. The molecule has 1 aliphatic heterocycles. The zero-order valence-electron chi connectivity index (χ0n) is 18.8. The second-order valence-corrected chi connectivity index (χ2v) is 10.0. The minimum absolute atomic E-state index is 0.0309. The van der Waals surface area contributed by atoms with Gasteiger partial charge in [0.2, 0.25) is 0 Å². The van der Waals surface area contributed by atoms with E-state index in [1.165, 1.54) is 13.8 Å². The van der Waals surface area contributed by atoms with Crippen LogP contribution in [0.15, 0.2) is 23.8 Å². The van der Waals surface area contributed by atoms with Crippen LogP contribution in [-0.4, -0.2) is 41.3 Å². The number of rotatable bonds is 6. The molecule has 0 bridgehead atoms. The van der Waals surface area contributed by atoms with Crippen molar-refractivity contribution < 1.29 is 33.0 Å². The first-order valence-corrected chi connectivity index (χ1v) is 11.2. The maximum absolute atomic E-state index is 14.0. The standard InChI is InChI=1S/C24H34F2O5/c1-22(2,24(4,25)26)21(29)31-19-10-6-9-15-7-5-8-16(23(15,19)3)11-12-18-13-17(27)14-20(28)30-18/h5,7,9,16-19,27H,6,8,10-14H2,1-4H3/t16-,17-,18-,19+,23+/m1/s1. The van der Waals surface area contributed by atoms with Gasteiger partial charge in [-0.1, -0.05) is 25.2 Å². The van der Waals surface area contributed by atoms with Gasteiger partial charge < -0.3 is 14.6 Å². The summed E-state index contributed by atoms with van der Waals surface area (Å²) in [5.74, 6) is -4.36. The van der Waals surface area contributed by atoms with Crippen molar-refractivity contribution in [1.82, 2.24) is 0 Å². The Morgan fingerprint density at radius 2 is 2.03 bits per heavy atom. The minimum Gasteiger partial charge on any atom is -0.462 e. The molecule has 0 spiro atoms. The number of aliphatic hydroxyl groups is 1. The van der Waals surface area contributed by atoms with Gasteiger partial charge in [-0.3, -0.25) is 9.59 Å². The third kappa shape index (κ3) is 4.71. The highest BCUT2D eigenvalue weighted by molar-refractivity contribution is 5.77. The van der Waals surface area contributed by atoms with Crippen molar-refractivity contribution in [3.05, 3.63) is 23.8 Å². The molecule has 7 heteroatoms. The number of halogens is 2. The molecule has 3 rings (SSSR count). The van der Waals surface area contributed by atoms with Crippen LogP contribution in [0.2, 0.25) is 0 Å². The first-order valence-electron chi connectivity index (χ1n) is 11.2. The summed E-state index contributed by atoms with van der Waals surface area (Å²) in [6.45, 7) is 5.23. The molecule has 0 aromatic rings. The largest absolute Gasteiger partial charge is 0.462 e. The number of fused-ring (bicyclic) bond motifs is 1. The zero-order chi connectivity index (χ0) is 23.0. The van der Waals surface area contributed by atoms with E-state index in [0.717, 1.165) is 25.3 Å². The van der Waals surface area contributed by atoms with Gasteiger partial charge in [0.25, 0.3) is 5.92 Å². The fourth-order valence-corrected chi connectivity index (χ4v) is 4.93. The number of cyclic esters (lactones) is 1. The SMILES string of the molecule is CC(F)(F)C(C)(C)C(=O)O[C@H]1CCC=C2C=CC[C@H](CC[C@@H]3C[C@@H](O)CC(=O)O3)[C@]21C.